The lowest BCUT2D eigenvalue weighted by Gasteiger charge is -2.39. The van der Waals surface area contributed by atoms with E-state index in [0.29, 0.717) is 34.3 Å². The van der Waals surface area contributed by atoms with Crippen LogP contribution in [-0.4, -0.2) is 18.8 Å². The largest absolute Gasteiger partial charge is 0.495 e. The number of aryl methyl sites for hydroxylation is 1. The Morgan fingerprint density at radius 1 is 1.07 bits per heavy atom. The number of carbonyl (C=O) groups excluding carboxylic acids is 2. The van der Waals surface area contributed by atoms with E-state index in [4.69, 9.17) is 27.9 Å². The van der Waals surface area contributed by atoms with Crippen LogP contribution in [0.5, 0.6) is 5.75 Å². The molecule has 29 heavy (non-hydrogen) atoms. The van der Waals surface area contributed by atoms with Crippen LogP contribution in [0, 0.1) is 6.92 Å². The van der Waals surface area contributed by atoms with Gasteiger partial charge in [-0.3, -0.25) is 14.5 Å². The van der Waals surface area contributed by atoms with E-state index in [1.807, 2.05) is 25.1 Å². The maximum Gasteiger partial charge on any atom is 0.232 e. The predicted molar refractivity (Wildman–Crippen MR) is 115 cm³/mol. The summed E-state index contributed by atoms with van der Waals surface area (Å²) in [6, 6.07) is 11.0. The number of amides is 1. The van der Waals surface area contributed by atoms with Crippen molar-refractivity contribution in [3.8, 4) is 5.75 Å². The minimum absolute atomic E-state index is 0.0570. The van der Waals surface area contributed by atoms with Crippen LogP contribution in [0.15, 0.2) is 47.7 Å². The lowest BCUT2D eigenvalue weighted by molar-refractivity contribution is -0.119. The molecule has 4 rings (SSSR count). The fraction of sp³-hybridized carbons (Fsp3) is 0.304. The highest BCUT2D eigenvalue weighted by Gasteiger charge is 2.40. The van der Waals surface area contributed by atoms with Gasteiger partial charge in [0, 0.05) is 46.1 Å². The molecule has 0 fully saturated rings. The number of hydrogen-bond acceptors (Lipinski definition) is 3. The highest BCUT2D eigenvalue weighted by atomic mass is 35.5. The fourth-order valence-corrected chi connectivity index (χ4v) is 4.52. The summed E-state index contributed by atoms with van der Waals surface area (Å²) >= 11 is 12.3. The molecule has 1 heterocycles. The summed E-state index contributed by atoms with van der Waals surface area (Å²) in [7, 11) is 1.55. The number of carbonyl (C=O) groups is 2. The van der Waals surface area contributed by atoms with Gasteiger partial charge in [-0.2, -0.15) is 0 Å². The molecule has 1 atom stereocenters. The van der Waals surface area contributed by atoms with Crippen LogP contribution in [0.4, 0.5) is 5.69 Å². The summed E-state index contributed by atoms with van der Waals surface area (Å²) in [4.78, 5) is 28.0. The second-order valence-electron chi connectivity index (χ2n) is 7.45. The number of halogens is 2. The molecule has 1 amide bonds. The van der Waals surface area contributed by atoms with E-state index in [-0.39, 0.29) is 24.0 Å². The first-order valence-electron chi connectivity index (χ1n) is 9.59. The van der Waals surface area contributed by atoms with Crippen LogP contribution in [0.25, 0.3) is 0 Å². The van der Waals surface area contributed by atoms with E-state index in [0.717, 1.165) is 28.8 Å². The Balaban J connectivity index is 1.89. The molecule has 150 valence electrons. The summed E-state index contributed by atoms with van der Waals surface area (Å²) in [6.07, 6.45) is 2.12. The average Bonchev–Trinajstić information content (AvgIpc) is 2.70. The van der Waals surface area contributed by atoms with E-state index < -0.39 is 0 Å². The van der Waals surface area contributed by atoms with Crippen molar-refractivity contribution in [1.82, 2.24) is 0 Å². The van der Waals surface area contributed by atoms with Gasteiger partial charge in [0.2, 0.25) is 5.91 Å². The molecule has 2 aromatic rings. The topological polar surface area (TPSA) is 46.6 Å². The summed E-state index contributed by atoms with van der Waals surface area (Å²) in [5.41, 5.74) is 3.92. The molecule has 0 radical (unpaired) electrons. The van der Waals surface area contributed by atoms with Crippen LogP contribution in [0.1, 0.15) is 42.7 Å². The number of Topliss-reactive ketones (excluding diaryl/α,β-unsaturated/α-hetero) is 1. The van der Waals surface area contributed by atoms with Crippen molar-refractivity contribution in [2.45, 2.75) is 38.5 Å². The van der Waals surface area contributed by atoms with Gasteiger partial charge in [-0.15, -0.1) is 0 Å². The first-order valence-corrected chi connectivity index (χ1v) is 10.3. The molecule has 0 saturated heterocycles. The third-order valence-corrected chi connectivity index (χ3v) is 6.31. The zero-order valence-electron chi connectivity index (χ0n) is 16.3. The molecule has 2 aromatic carbocycles. The number of nitrogens with zero attached hydrogens (tertiary/aromatic N) is 1. The highest BCUT2D eigenvalue weighted by Crippen LogP contribution is 2.46. The molecule has 0 N–H and O–H groups in total. The number of allylic oxidation sites excluding steroid dienone is 2. The quantitative estimate of drug-likeness (QED) is 0.615. The van der Waals surface area contributed by atoms with Gasteiger partial charge in [0.05, 0.1) is 12.8 Å². The lowest BCUT2D eigenvalue weighted by atomic mass is 9.77. The van der Waals surface area contributed by atoms with Gasteiger partial charge < -0.3 is 4.74 Å². The molecule has 1 unspecified atom stereocenters. The van der Waals surface area contributed by atoms with E-state index in [9.17, 15) is 9.59 Å². The minimum atomic E-state index is -0.252. The van der Waals surface area contributed by atoms with E-state index in [1.54, 1.807) is 30.2 Å². The minimum Gasteiger partial charge on any atom is -0.495 e. The van der Waals surface area contributed by atoms with Gasteiger partial charge in [0.15, 0.2) is 5.78 Å². The number of ketones is 1. The standard InChI is InChI=1S/C23H21Cl2NO3/c1-13-10-19(21(29-2)12-17(13)25)26-18-4-3-5-20(27)23(18)16(11-22(26)28)14-6-8-15(24)9-7-14/h6-10,12,16H,3-5,11H2,1-2H3. The predicted octanol–water partition coefficient (Wildman–Crippen LogP) is 5.84. The van der Waals surface area contributed by atoms with Crippen molar-refractivity contribution in [3.63, 3.8) is 0 Å². The van der Waals surface area contributed by atoms with Crippen molar-refractivity contribution < 1.29 is 14.3 Å². The Bertz CT molecular complexity index is 1030. The normalized spacial score (nSPS) is 19.4. The van der Waals surface area contributed by atoms with Gasteiger partial charge >= 0.3 is 0 Å². The van der Waals surface area contributed by atoms with Crippen molar-refractivity contribution >= 4 is 40.6 Å². The van der Waals surface area contributed by atoms with Crippen molar-refractivity contribution in [1.29, 1.82) is 0 Å². The molecule has 0 saturated carbocycles. The molecule has 0 bridgehead atoms. The zero-order valence-corrected chi connectivity index (χ0v) is 17.8. The monoisotopic (exact) mass is 429 g/mol. The van der Waals surface area contributed by atoms with Gasteiger partial charge in [-0.25, -0.2) is 0 Å². The average molecular weight is 430 g/mol. The van der Waals surface area contributed by atoms with Crippen molar-refractivity contribution in [2.75, 3.05) is 12.0 Å². The second-order valence-corrected chi connectivity index (χ2v) is 8.29. The van der Waals surface area contributed by atoms with Crippen molar-refractivity contribution in [3.05, 3.63) is 68.8 Å². The highest BCUT2D eigenvalue weighted by molar-refractivity contribution is 6.31. The van der Waals surface area contributed by atoms with E-state index in [2.05, 4.69) is 0 Å². The molecule has 0 aromatic heterocycles. The zero-order chi connectivity index (χ0) is 20.7. The van der Waals surface area contributed by atoms with E-state index in [1.165, 1.54) is 0 Å². The van der Waals surface area contributed by atoms with E-state index >= 15 is 0 Å². The van der Waals surface area contributed by atoms with Gasteiger partial charge in [-0.1, -0.05) is 35.3 Å². The molecule has 4 nitrogen and oxygen atoms in total. The molecular weight excluding hydrogens is 409 g/mol. The maximum atomic E-state index is 13.3. The Hall–Kier alpha value is -2.30. The number of hydrogen-bond donors (Lipinski definition) is 0. The molecule has 6 heteroatoms. The van der Waals surface area contributed by atoms with Gasteiger partial charge in [0.25, 0.3) is 0 Å². The van der Waals surface area contributed by atoms with Crippen LogP contribution >= 0.6 is 23.2 Å². The SMILES string of the molecule is COc1cc(Cl)c(C)cc1N1C(=O)CC(c2ccc(Cl)cc2)C2=C1CCCC2=O. The molecule has 1 aliphatic heterocycles. The maximum absolute atomic E-state index is 13.3. The fourth-order valence-electron chi connectivity index (χ4n) is 4.24. The molecule has 2 aliphatic rings. The number of benzene rings is 2. The molecule has 0 spiro atoms. The van der Waals surface area contributed by atoms with Gasteiger partial charge in [-0.05, 0) is 49.1 Å². The van der Waals surface area contributed by atoms with Crippen molar-refractivity contribution in [2.24, 2.45) is 0 Å². The Morgan fingerprint density at radius 2 is 1.79 bits per heavy atom. The Morgan fingerprint density at radius 3 is 2.48 bits per heavy atom. The Kier molecular flexibility index (Phi) is 5.41. The first kappa shape index (κ1) is 20.0. The third kappa shape index (κ3) is 3.56. The first-order chi connectivity index (χ1) is 13.9. The van der Waals surface area contributed by atoms with Crippen LogP contribution in [0.2, 0.25) is 10.0 Å². The van der Waals surface area contributed by atoms with Crippen LogP contribution in [-0.2, 0) is 9.59 Å². The number of anilines is 1. The van der Waals surface area contributed by atoms with Gasteiger partial charge in [0.1, 0.15) is 5.75 Å². The Labute approximate surface area is 180 Å². The molecular formula is C23H21Cl2NO3. The van der Waals surface area contributed by atoms with Crippen LogP contribution < -0.4 is 9.64 Å². The summed E-state index contributed by atoms with van der Waals surface area (Å²) in [5, 5.41) is 1.20. The van der Waals surface area contributed by atoms with Crippen LogP contribution in [0.3, 0.4) is 0 Å². The molecule has 1 aliphatic carbocycles. The summed E-state index contributed by atoms with van der Waals surface area (Å²) in [6.45, 7) is 1.89. The lowest BCUT2D eigenvalue weighted by Crippen LogP contribution is -2.40. The summed E-state index contributed by atoms with van der Waals surface area (Å²) in [5.74, 6) is 0.314. The number of ether oxygens (including phenoxy) is 1. The smallest absolute Gasteiger partial charge is 0.232 e. The summed E-state index contributed by atoms with van der Waals surface area (Å²) < 4.78 is 5.51. The second kappa shape index (κ2) is 7.85. The third-order valence-electron chi connectivity index (χ3n) is 5.65. The number of rotatable bonds is 3. The number of methoxy groups -OCH3 is 1.